The smallest absolute Gasteiger partial charge is 0.395 e. The normalized spacial score (nSPS) is 12.2. The molecule has 0 saturated carbocycles. The van der Waals surface area contributed by atoms with Crippen molar-refractivity contribution in [1.82, 2.24) is 9.62 Å². The average molecular weight is 403 g/mol. The van der Waals surface area contributed by atoms with E-state index in [2.05, 4.69) is 4.72 Å². The van der Waals surface area contributed by atoms with Crippen molar-refractivity contribution in [3.05, 3.63) is 28.8 Å². The third-order valence-corrected chi connectivity index (χ3v) is 5.08. The van der Waals surface area contributed by atoms with E-state index in [9.17, 15) is 26.4 Å². The summed E-state index contributed by atoms with van der Waals surface area (Å²) in [5.41, 5.74) is -1.26. The number of nitrogens with zero attached hydrogens (tertiary/aromatic N) is 1. The van der Waals surface area contributed by atoms with Gasteiger partial charge in [-0.15, -0.1) is 0 Å². The Morgan fingerprint density at radius 3 is 2.52 bits per heavy atom. The van der Waals surface area contributed by atoms with Gasteiger partial charge in [-0.1, -0.05) is 11.6 Å². The van der Waals surface area contributed by atoms with Crippen LogP contribution in [0.5, 0.6) is 0 Å². The van der Waals surface area contributed by atoms with Crippen LogP contribution in [0.4, 0.5) is 13.2 Å². The van der Waals surface area contributed by atoms with Crippen LogP contribution in [0.2, 0.25) is 5.02 Å². The molecule has 0 aliphatic heterocycles. The topological polar surface area (TPSA) is 86.7 Å². The molecule has 0 unspecified atom stereocenters. The van der Waals surface area contributed by atoms with Gasteiger partial charge in [0, 0.05) is 26.1 Å². The first-order valence-electron chi connectivity index (χ1n) is 7.28. The van der Waals surface area contributed by atoms with Crippen LogP contribution >= 0.6 is 11.6 Å². The van der Waals surface area contributed by atoms with E-state index < -0.39 is 31.7 Å². The largest absolute Gasteiger partial charge is 0.417 e. The summed E-state index contributed by atoms with van der Waals surface area (Å²) in [4.78, 5) is 12.6. The van der Waals surface area contributed by atoms with Gasteiger partial charge in [-0.05, 0) is 25.1 Å². The molecule has 0 fully saturated rings. The van der Waals surface area contributed by atoms with Crippen LogP contribution in [-0.2, 0) is 21.0 Å². The third-order valence-electron chi connectivity index (χ3n) is 3.29. The number of alkyl halides is 3. The Balaban J connectivity index is 2.81. The van der Waals surface area contributed by atoms with Crippen LogP contribution < -0.4 is 4.72 Å². The Kier molecular flexibility index (Phi) is 7.66. The number of hydrogen-bond donors (Lipinski definition) is 2. The fourth-order valence-corrected chi connectivity index (χ4v) is 3.28. The van der Waals surface area contributed by atoms with Gasteiger partial charge in [0.25, 0.3) is 0 Å². The molecule has 0 aliphatic rings. The van der Waals surface area contributed by atoms with Crippen molar-refractivity contribution >= 4 is 27.5 Å². The van der Waals surface area contributed by atoms with E-state index in [0.717, 1.165) is 12.1 Å². The monoisotopic (exact) mass is 402 g/mol. The van der Waals surface area contributed by atoms with Crippen LogP contribution in [0.25, 0.3) is 0 Å². The minimum atomic E-state index is -4.79. The van der Waals surface area contributed by atoms with Crippen LogP contribution in [0.1, 0.15) is 18.9 Å². The lowest BCUT2D eigenvalue weighted by atomic mass is 10.2. The van der Waals surface area contributed by atoms with Crippen molar-refractivity contribution in [3.63, 3.8) is 0 Å². The molecule has 0 aromatic heterocycles. The van der Waals surface area contributed by atoms with Crippen molar-refractivity contribution in [3.8, 4) is 0 Å². The number of carbonyl (C=O) groups excluding carboxylic acids is 1. The first-order chi connectivity index (χ1) is 11.5. The molecule has 0 atom stereocenters. The first-order valence-corrected chi connectivity index (χ1v) is 9.14. The van der Waals surface area contributed by atoms with E-state index in [1.165, 1.54) is 4.90 Å². The first kappa shape index (κ1) is 21.7. The number of carbonyl (C=O) groups is 1. The van der Waals surface area contributed by atoms with Crippen molar-refractivity contribution in [2.45, 2.75) is 24.4 Å². The number of hydrogen-bond acceptors (Lipinski definition) is 4. The number of rotatable bonds is 8. The summed E-state index contributed by atoms with van der Waals surface area (Å²) >= 11 is 5.45. The minimum Gasteiger partial charge on any atom is -0.395 e. The molecule has 0 saturated heterocycles. The summed E-state index contributed by atoms with van der Waals surface area (Å²) in [6, 6.07) is 2.24. The molecule has 0 spiro atoms. The fourth-order valence-electron chi connectivity index (χ4n) is 2.00. The number of aliphatic hydroxyl groups excluding tert-OH is 1. The fraction of sp³-hybridized carbons (Fsp3) is 0.500. The highest BCUT2D eigenvalue weighted by Crippen LogP contribution is 2.35. The lowest BCUT2D eigenvalue weighted by molar-refractivity contribution is -0.137. The Hall–Kier alpha value is -1.36. The van der Waals surface area contributed by atoms with E-state index in [-0.39, 0.29) is 32.0 Å². The summed E-state index contributed by atoms with van der Waals surface area (Å²) in [5.74, 6) is -0.383. The van der Waals surface area contributed by atoms with Gasteiger partial charge in [-0.3, -0.25) is 4.79 Å². The number of sulfonamides is 1. The second kappa shape index (κ2) is 8.84. The quantitative estimate of drug-likeness (QED) is 0.695. The predicted octanol–water partition coefficient (Wildman–Crippen LogP) is 1.87. The average Bonchev–Trinajstić information content (AvgIpc) is 2.51. The molecular weight excluding hydrogens is 385 g/mol. The van der Waals surface area contributed by atoms with Crippen LogP contribution in [0.3, 0.4) is 0 Å². The number of benzene rings is 1. The molecule has 25 heavy (non-hydrogen) atoms. The Morgan fingerprint density at radius 2 is 2.00 bits per heavy atom. The van der Waals surface area contributed by atoms with Gasteiger partial charge >= 0.3 is 6.18 Å². The number of aliphatic hydroxyl groups is 1. The van der Waals surface area contributed by atoms with Gasteiger partial charge in [-0.25, -0.2) is 13.1 Å². The van der Waals surface area contributed by atoms with E-state index in [0.29, 0.717) is 12.6 Å². The molecule has 1 aromatic carbocycles. The van der Waals surface area contributed by atoms with Gasteiger partial charge in [0.2, 0.25) is 15.9 Å². The second-order valence-corrected chi connectivity index (χ2v) is 7.16. The van der Waals surface area contributed by atoms with E-state index in [1.54, 1.807) is 6.92 Å². The number of amides is 1. The molecular formula is C14H18ClF3N2O4S. The maximum absolute atomic E-state index is 12.8. The third kappa shape index (κ3) is 6.14. The van der Waals surface area contributed by atoms with Gasteiger partial charge in [0.1, 0.15) is 0 Å². The molecule has 0 aliphatic carbocycles. The van der Waals surface area contributed by atoms with Crippen molar-refractivity contribution in [2.24, 2.45) is 0 Å². The maximum atomic E-state index is 12.8. The molecule has 142 valence electrons. The summed E-state index contributed by atoms with van der Waals surface area (Å²) in [7, 11) is -4.23. The lowest BCUT2D eigenvalue weighted by Crippen LogP contribution is -2.36. The molecule has 11 heteroatoms. The Bertz CT molecular complexity index is 711. The lowest BCUT2D eigenvalue weighted by Gasteiger charge is -2.19. The standard InChI is InChI=1S/C14H18ClF3N2O4S/c1-2-20(7-8-21)13(22)5-6-19-25(23,24)10-3-4-12(15)11(9-10)14(16,17)18/h3-4,9,19,21H,2,5-8H2,1H3. The van der Waals surface area contributed by atoms with E-state index >= 15 is 0 Å². The summed E-state index contributed by atoms with van der Waals surface area (Å²) in [6.07, 6.45) is -4.97. The minimum absolute atomic E-state index is 0.119. The number of nitrogens with one attached hydrogen (secondary N) is 1. The van der Waals surface area contributed by atoms with Crippen LogP contribution in [0, 0.1) is 0 Å². The SMILES string of the molecule is CCN(CCO)C(=O)CCNS(=O)(=O)c1ccc(Cl)c(C(F)(F)F)c1. The highest BCUT2D eigenvalue weighted by Gasteiger charge is 2.34. The van der Waals surface area contributed by atoms with Crippen LogP contribution in [-0.4, -0.2) is 50.6 Å². The van der Waals surface area contributed by atoms with Gasteiger partial charge < -0.3 is 10.0 Å². The highest BCUT2D eigenvalue weighted by atomic mass is 35.5. The summed E-state index contributed by atoms with van der Waals surface area (Å²) in [6.45, 7) is 1.65. The van der Waals surface area contributed by atoms with E-state index in [1.807, 2.05) is 0 Å². The number of halogens is 4. The number of likely N-dealkylation sites (N-methyl/N-ethyl adjacent to an activating group) is 1. The summed E-state index contributed by atoms with van der Waals surface area (Å²) in [5, 5.41) is 8.22. The van der Waals surface area contributed by atoms with Gasteiger partial charge in [-0.2, -0.15) is 13.2 Å². The molecule has 1 rings (SSSR count). The second-order valence-electron chi connectivity index (χ2n) is 4.98. The maximum Gasteiger partial charge on any atom is 0.417 e. The molecule has 0 bridgehead atoms. The van der Waals surface area contributed by atoms with Gasteiger partial charge in [0.05, 0.1) is 22.1 Å². The molecule has 0 radical (unpaired) electrons. The Morgan fingerprint density at radius 1 is 1.36 bits per heavy atom. The van der Waals surface area contributed by atoms with Crippen molar-refractivity contribution < 1.29 is 31.5 Å². The van der Waals surface area contributed by atoms with Crippen LogP contribution in [0.15, 0.2) is 23.1 Å². The zero-order valence-electron chi connectivity index (χ0n) is 13.3. The predicted molar refractivity (Wildman–Crippen MR) is 85.6 cm³/mol. The van der Waals surface area contributed by atoms with Crippen molar-refractivity contribution in [2.75, 3.05) is 26.2 Å². The van der Waals surface area contributed by atoms with Gasteiger partial charge in [0.15, 0.2) is 0 Å². The highest BCUT2D eigenvalue weighted by molar-refractivity contribution is 7.89. The van der Waals surface area contributed by atoms with Crippen molar-refractivity contribution in [1.29, 1.82) is 0 Å². The molecule has 2 N–H and O–H groups in total. The zero-order chi connectivity index (χ0) is 19.3. The van der Waals surface area contributed by atoms with E-state index in [4.69, 9.17) is 16.7 Å². The Labute approximate surface area is 148 Å². The molecule has 1 amide bonds. The molecule has 1 aromatic rings. The zero-order valence-corrected chi connectivity index (χ0v) is 14.9. The summed E-state index contributed by atoms with van der Waals surface area (Å²) < 4.78 is 64.7. The molecule has 6 nitrogen and oxygen atoms in total. The molecule has 0 heterocycles.